The van der Waals surface area contributed by atoms with Crippen LogP contribution < -0.4 is 39.4 Å². The third kappa shape index (κ3) is 3.29. The summed E-state index contributed by atoms with van der Waals surface area (Å²) in [5, 5.41) is 10.3. The van der Waals surface area contributed by atoms with Gasteiger partial charge in [0.05, 0.1) is 13.3 Å². The predicted octanol–water partition coefficient (Wildman–Crippen LogP) is -3.30. The van der Waals surface area contributed by atoms with Gasteiger partial charge in [0.2, 0.25) is 0 Å². The Kier molecular flexibility index (Phi) is 5.76. The van der Waals surface area contributed by atoms with E-state index in [4.69, 9.17) is 4.74 Å². The molecule has 0 saturated heterocycles. The maximum absolute atomic E-state index is 10.3. The van der Waals surface area contributed by atoms with E-state index in [-0.39, 0.29) is 36.0 Å². The largest absolute Gasteiger partial charge is 1.00 e. The van der Waals surface area contributed by atoms with Gasteiger partial charge in [-0.05, 0) is 18.1 Å². The molecule has 0 aromatic carbocycles. The summed E-state index contributed by atoms with van der Waals surface area (Å²) in [7, 11) is 1.52. The summed E-state index contributed by atoms with van der Waals surface area (Å²) in [5.41, 5.74) is 1.42. The minimum Gasteiger partial charge on any atom is -0.550 e. The standard InChI is InChI=1S/C9H11NO3.Na/c1-6-7(3-9(11)12)4-10-5-8(6)13-2;/h4-5H,3H2,1-2H3,(H,11,12);/q;+1/p-1. The van der Waals surface area contributed by atoms with Gasteiger partial charge in [-0.15, -0.1) is 0 Å². The number of ether oxygens (including phenoxy) is 1. The summed E-state index contributed by atoms with van der Waals surface area (Å²) in [6, 6.07) is 0. The summed E-state index contributed by atoms with van der Waals surface area (Å²) in [4.78, 5) is 14.2. The molecule has 1 rings (SSSR count). The Morgan fingerprint density at radius 3 is 2.71 bits per heavy atom. The van der Waals surface area contributed by atoms with Crippen LogP contribution >= 0.6 is 0 Å². The Balaban J connectivity index is 0.00000169. The van der Waals surface area contributed by atoms with Gasteiger partial charge in [-0.1, -0.05) is 0 Å². The van der Waals surface area contributed by atoms with E-state index in [0.717, 1.165) is 5.56 Å². The smallest absolute Gasteiger partial charge is 0.550 e. The zero-order valence-electron chi connectivity index (χ0n) is 8.53. The van der Waals surface area contributed by atoms with Crippen LogP contribution in [-0.2, 0) is 11.2 Å². The number of aliphatic carboxylic acids is 1. The molecule has 14 heavy (non-hydrogen) atoms. The third-order valence-electron chi connectivity index (χ3n) is 1.83. The number of carbonyl (C=O) groups excluding carboxylic acids is 1. The summed E-state index contributed by atoms with van der Waals surface area (Å²) in [6.07, 6.45) is 2.93. The number of carboxylic acids is 1. The van der Waals surface area contributed by atoms with E-state index in [9.17, 15) is 9.90 Å². The zero-order valence-corrected chi connectivity index (χ0v) is 10.5. The fourth-order valence-electron chi connectivity index (χ4n) is 1.09. The molecule has 0 atom stereocenters. The van der Waals surface area contributed by atoms with Gasteiger partial charge in [0.1, 0.15) is 5.75 Å². The maximum atomic E-state index is 10.3. The maximum Gasteiger partial charge on any atom is 1.00 e. The van der Waals surface area contributed by atoms with Gasteiger partial charge in [0, 0.05) is 18.6 Å². The van der Waals surface area contributed by atoms with Crippen LogP contribution in [0, 0.1) is 6.92 Å². The molecule has 0 amide bonds. The molecule has 1 aromatic heterocycles. The number of carboxylic acid groups (broad SMARTS) is 1. The first-order valence-corrected chi connectivity index (χ1v) is 3.82. The normalized spacial score (nSPS) is 9.00. The molecule has 70 valence electrons. The Hall–Kier alpha value is -0.580. The summed E-state index contributed by atoms with van der Waals surface area (Å²) < 4.78 is 4.99. The van der Waals surface area contributed by atoms with E-state index in [1.807, 2.05) is 0 Å². The monoisotopic (exact) mass is 203 g/mol. The molecule has 0 aliphatic rings. The Bertz CT molecular complexity index is 328. The summed E-state index contributed by atoms with van der Waals surface area (Å²) >= 11 is 0. The zero-order chi connectivity index (χ0) is 9.84. The molecule has 0 bridgehead atoms. The Morgan fingerprint density at radius 1 is 1.57 bits per heavy atom. The molecule has 0 fully saturated rings. The van der Waals surface area contributed by atoms with Crippen LogP contribution in [0.15, 0.2) is 12.4 Å². The molecule has 0 unspecified atom stereocenters. The first kappa shape index (κ1) is 13.4. The van der Waals surface area contributed by atoms with E-state index < -0.39 is 5.97 Å². The number of nitrogens with zero attached hydrogens (tertiary/aromatic N) is 1. The van der Waals surface area contributed by atoms with Gasteiger partial charge in [-0.3, -0.25) is 4.98 Å². The molecule has 4 nitrogen and oxygen atoms in total. The molecule has 0 spiro atoms. The average molecular weight is 203 g/mol. The van der Waals surface area contributed by atoms with E-state index >= 15 is 0 Å². The molecule has 5 heteroatoms. The quantitative estimate of drug-likeness (QED) is 0.483. The van der Waals surface area contributed by atoms with Crippen LogP contribution in [0.1, 0.15) is 11.1 Å². The first-order chi connectivity index (χ1) is 6.15. The molecule has 1 aromatic rings. The molecule has 0 aliphatic carbocycles. The van der Waals surface area contributed by atoms with Gasteiger partial charge in [-0.2, -0.15) is 0 Å². The van der Waals surface area contributed by atoms with E-state index in [2.05, 4.69) is 4.98 Å². The van der Waals surface area contributed by atoms with Crippen molar-refractivity contribution in [1.82, 2.24) is 4.98 Å². The van der Waals surface area contributed by atoms with Crippen LogP contribution in [0.5, 0.6) is 5.75 Å². The topological polar surface area (TPSA) is 62.2 Å². The van der Waals surface area contributed by atoms with Crippen molar-refractivity contribution in [2.75, 3.05) is 7.11 Å². The van der Waals surface area contributed by atoms with Crippen molar-refractivity contribution in [3.63, 3.8) is 0 Å². The summed E-state index contributed by atoms with van der Waals surface area (Å²) in [5.74, 6) is -0.517. The van der Waals surface area contributed by atoms with Crippen molar-refractivity contribution in [2.24, 2.45) is 0 Å². The van der Waals surface area contributed by atoms with Gasteiger partial charge in [0.15, 0.2) is 0 Å². The Labute approximate surface area is 105 Å². The summed E-state index contributed by atoms with van der Waals surface area (Å²) in [6.45, 7) is 1.79. The number of hydrogen-bond donors (Lipinski definition) is 0. The second kappa shape index (κ2) is 6.01. The van der Waals surface area contributed by atoms with Gasteiger partial charge < -0.3 is 14.6 Å². The molecular formula is C9H10NNaO3. The van der Waals surface area contributed by atoms with E-state index in [0.29, 0.717) is 11.3 Å². The molecule has 1 heterocycles. The number of hydrogen-bond acceptors (Lipinski definition) is 4. The fraction of sp³-hybridized carbons (Fsp3) is 0.333. The van der Waals surface area contributed by atoms with E-state index in [1.165, 1.54) is 13.3 Å². The number of rotatable bonds is 3. The number of carbonyl (C=O) groups is 1. The molecule has 0 radical (unpaired) electrons. The van der Waals surface area contributed by atoms with E-state index in [1.54, 1.807) is 13.1 Å². The molecule has 0 saturated carbocycles. The Morgan fingerprint density at radius 2 is 2.21 bits per heavy atom. The number of methoxy groups -OCH3 is 1. The number of aromatic nitrogens is 1. The predicted molar refractivity (Wildman–Crippen MR) is 44.2 cm³/mol. The van der Waals surface area contributed by atoms with Crippen LogP contribution in [0.2, 0.25) is 0 Å². The van der Waals surface area contributed by atoms with Crippen molar-refractivity contribution in [3.8, 4) is 5.75 Å². The average Bonchev–Trinajstić information content (AvgIpc) is 2.08. The molecular weight excluding hydrogens is 193 g/mol. The van der Waals surface area contributed by atoms with Crippen LogP contribution in [0.3, 0.4) is 0 Å². The molecule has 0 N–H and O–H groups in total. The molecule has 0 aliphatic heterocycles. The van der Waals surface area contributed by atoms with Crippen molar-refractivity contribution in [3.05, 3.63) is 23.5 Å². The van der Waals surface area contributed by atoms with Crippen molar-refractivity contribution in [1.29, 1.82) is 0 Å². The van der Waals surface area contributed by atoms with Crippen LogP contribution in [0.4, 0.5) is 0 Å². The van der Waals surface area contributed by atoms with Crippen LogP contribution in [-0.4, -0.2) is 18.1 Å². The minimum absolute atomic E-state index is 0. The number of pyridine rings is 1. The SMILES string of the molecule is COc1cncc(CC(=O)[O-])c1C.[Na+]. The second-order valence-corrected chi connectivity index (χ2v) is 2.67. The minimum atomic E-state index is -1.11. The fourth-order valence-corrected chi connectivity index (χ4v) is 1.09. The van der Waals surface area contributed by atoms with Crippen molar-refractivity contribution < 1.29 is 44.2 Å². The van der Waals surface area contributed by atoms with Crippen LogP contribution in [0.25, 0.3) is 0 Å². The van der Waals surface area contributed by atoms with Crippen molar-refractivity contribution >= 4 is 5.97 Å². The van der Waals surface area contributed by atoms with Crippen molar-refractivity contribution in [2.45, 2.75) is 13.3 Å². The second-order valence-electron chi connectivity index (χ2n) is 2.67. The first-order valence-electron chi connectivity index (χ1n) is 3.82. The van der Waals surface area contributed by atoms with Gasteiger partial charge in [-0.25, -0.2) is 0 Å². The third-order valence-corrected chi connectivity index (χ3v) is 1.83. The van der Waals surface area contributed by atoms with Gasteiger partial charge in [0.25, 0.3) is 0 Å². The van der Waals surface area contributed by atoms with Gasteiger partial charge >= 0.3 is 29.6 Å².